The molecular formula is C16H33N3O2. The van der Waals surface area contributed by atoms with Crippen LogP contribution in [0.5, 0.6) is 0 Å². The fraction of sp³-hybridized carbons (Fsp3) is 0.938. The van der Waals surface area contributed by atoms with Crippen molar-refractivity contribution in [2.24, 2.45) is 16.8 Å². The zero-order chi connectivity index (χ0) is 15.5. The maximum atomic E-state index is 9.82. The Bertz CT molecular complexity index is 295. The average Bonchev–Trinajstić information content (AvgIpc) is 2.85. The van der Waals surface area contributed by atoms with E-state index >= 15 is 0 Å². The third-order valence-electron chi connectivity index (χ3n) is 3.83. The van der Waals surface area contributed by atoms with Gasteiger partial charge >= 0.3 is 0 Å². The number of aliphatic hydroxyl groups is 1. The Balaban J connectivity index is 2.19. The Hall–Kier alpha value is -0.810. The summed E-state index contributed by atoms with van der Waals surface area (Å²) in [7, 11) is 0. The van der Waals surface area contributed by atoms with Crippen molar-refractivity contribution < 1.29 is 9.84 Å². The Kier molecular flexibility index (Phi) is 9.42. The zero-order valence-corrected chi connectivity index (χ0v) is 13.9. The van der Waals surface area contributed by atoms with Gasteiger partial charge in [-0.05, 0) is 32.1 Å². The molecular weight excluding hydrogens is 266 g/mol. The number of guanidine groups is 1. The van der Waals surface area contributed by atoms with Gasteiger partial charge in [-0.15, -0.1) is 0 Å². The number of hydrogen-bond donors (Lipinski definition) is 3. The molecule has 1 fully saturated rings. The SMILES string of the molecule is CCNC(=NCC1CCCC1O)NCCOCCC(C)C. The fourth-order valence-electron chi connectivity index (χ4n) is 2.44. The summed E-state index contributed by atoms with van der Waals surface area (Å²) in [6, 6.07) is 0. The molecule has 0 radical (unpaired) electrons. The summed E-state index contributed by atoms with van der Waals surface area (Å²) < 4.78 is 5.58. The van der Waals surface area contributed by atoms with Crippen LogP contribution in [0.3, 0.4) is 0 Å². The number of aliphatic hydroxyl groups excluding tert-OH is 1. The van der Waals surface area contributed by atoms with Crippen LogP contribution in [-0.2, 0) is 4.74 Å². The third kappa shape index (κ3) is 8.27. The van der Waals surface area contributed by atoms with E-state index in [9.17, 15) is 5.11 Å². The molecule has 0 bridgehead atoms. The van der Waals surface area contributed by atoms with Gasteiger partial charge in [0.05, 0.1) is 12.7 Å². The second kappa shape index (κ2) is 10.9. The minimum absolute atomic E-state index is 0.170. The number of ether oxygens (including phenoxy) is 1. The second-order valence-electron chi connectivity index (χ2n) is 6.20. The van der Waals surface area contributed by atoms with Gasteiger partial charge in [0.25, 0.3) is 0 Å². The topological polar surface area (TPSA) is 65.9 Å². The van der Waals surface area contributed by atoms with E-state index in [2.05, 4.69) is 36.4 Å². The average molecular weight is 299 g/mol. The van der Waals surface area contributed by atoms with Crippen molar-refractivity contribution in [2.75, 3.05) is 32.8 Å². The number of rotatable bonds is 9. The van der Waals surface area contributed by atoms with Crippen LogP contribution < -0.4 is 10.6 Å². The van der Waals surface area contributed by atoms with Crippen molar-refractivity contribution >= 4 is 5.96 Å². The van der Waals surface area contributed by atoms with Gasteiger partial charge in [-0.2, -0.15) is 0 Å². The Morgan fingerprint density at radius 1 is 1.29 bits per heavy atom. The molecule has 2 atom stereocenters. The summed E-state index contributed by atoms with van der Waals surface area (Å²) in [5.74, 6) is 1.83. The van der Waals surface area contributed by atoms with Crippen molar-refractivity contribution in [2.45, 2.75) is 52.6 Å². The normalized spacial score (nSPS) is 22.8. The summed E-state index contributed by atoms with van der Waals surface area (Å²) in [6.45, 7) is 10.3. The van der Waals surface area contributed by atoms with Crippen molar-refractivity contribution in [3.63, 3.8) is 0 Å². The van der Waals surface area contributed by atoms with Gasteiger partial charge in [0.1, 0.15) is 0 Å². The lowest BCUT2D eigenvalue weighted by Gasteiger charge is -2.15. The maximum absolute atomic E-state index is 9.82. The molecule has 1 saturated carbocycles. The lowest BCUT2D eigenvalue weighted by Crippen LogP contribution is -2.39. The minimum Gasteiger partial charge on any atom is -0.393 e. The first-order valence-corrected chi connectivity index (χ1v) is 8.41. The molecule has 1 aliphatic carbocycles. The first kappa shape index (κ1) is 18.2. The van der Waals surface area contributed by atoms with Gasteiger partial charge < -0.3 is 20.5 Å². The first-order chi connectivity index (χ1) is 10.1. The van der Waals surface area contributed by atoms with Crippen LogP contribution in [-0.4, -0.2) is 50.0 Å². The van der Waals surface area contributed by atoms with Gasteiger partial charge in [-0.1, -0.05) is 20.3 Å². The van der Waals surface area contributed by atoms with E-state index in [0.717, 1.165) is 51.3 Å². The number of nitrogens with zero attached hydrogens (tertiary/aromatic N) is 1. The summed E-state index contributed by atoms with van der Waals surface area (Å²) in [5.41, 5.74) is 0. The van der Waals surface area contributed by atoms with E-state index in [-0.39, 0.29) is 6.10 Å². The smallest absolute Gasteiger partial charge is 0.191 e. The molecule has 0 spiro atoms. The summed E-state index contributed by atoms with van der Waals surface area (Å²) in [4.78, 5) is 4.57. The van der Waals surface area contributed by atoms with E-state index in [1.54, 1.807) is 0 Å². The minimum atomic E-state index is -0.170. The summed E-state index contributed by atoms with van der Waals surface area (Å²) in [5, 5.41) is 16.3. The summed E-state index contributed by atoms with van der Waals surface area (Å²) in [6.07, 6.45) is 4.06. The molecule has 0 aromatic carbocycles. The maximum Gasteiger partial charge on any atom is 0.191 e. The molecule has 2 unspecified atom stereocenters. The predicted octanol–water partition coefficient (Wildman–Crippen LogP) is 1.77. The first-order valence-electron chi connectivity index (χ1n) is 8.41. The molecule has 0 heterocycles. The molecule has 0 amide bonds. The van der Waals surface area contributed by atoms with Gasteiger partial charge in [0.2, 0.25) is 0 Å². The van der Waals surface area contributed by atoms with Gasteiger partial charge in [-0.25, -0.2) is 0 Å². The molecule has 5 heteroatoms. The van der Waals surface area contributed by atoms with E-state index in [0.29, 0.717) is 25.0 Å². The van der Waals surface area contributed by atoms with Crippen LogP contribution in [0.25, 0.3) is 0 Å². The molecule has 0 aromatic heterocycles. The second-order valence-corrected chi connectivity index (χ2v) is 6.20. The standard InChI is InChI=1S/C16H33N3O2/c1-4-17-16(18-9-11-21-10-8-13(2)3)19-12-14-6-5-7-15(14)20/h13-15,20H,4-12H2,1-3H3,(H2,17,18,19). The van der Waals surface area contributed by atoms with Crippen LogP contribution in [0.2, 0.25) is 0 Å². The quantitative estimate of drug-likeness (QED) is 0.345. The highest BCUT2D eigenvalue weighted by molar-refractivity contribution is 5.79. The van der Waals surface area contributed by atoms with E-state index in [4.69, 9.17) is 4.74 Å². The molecule has 1 aliphatic rings. The zero-order valence-electron chi connectivity index (χ0n) is 13.9. The van der Waals surface area contributed by atoms with Crippen LogP contribution in [0.1, 0.15) is 46.5 Å². The van der Waals surface area contributed by atoms with Crippen molar-refractivity contribution in [1.29, 1.82) is 0 Å². The largest absolute Gasteiger partial charge is 0.393 e. The van der Waals surface area contributed by atoms with Crippen LogP contribution in [0, 0.1) is 11.8 Å². The van der Waals surface area contributed by atoms with E-state index in [1.165, 1.54) is 0 Å². The van der Waals surface area contributed by atoms with Gasteiger partial charge in [-0.3, -0.25) is 4.99 Å². The molecule has 0 aromatic rings. The fourth-order valence-corrected chi connectivity index (χ4v) is 2.44. The molecule has 0 aliphatic heterocycles. The Labute approximate surface area is 129 Å². The van der Waals surface area contributed by atoms with Crippen molar-refractivity contribution in [3.05, 3.63) is 0 Å². The van der Waals surface area contributed by atoms with Crippen LogP contribution in [0.15, 0.2) is 4.99 Å². The highest BCUT2D eigenvalue weighted by Gasteiger charge is 2.24. The lowest BCUT2D eigenvalue weighted by atomic mass is 10.1. The highest BCUT2D eigenvalue weighted by atomic mass is 16.5. The lowest BCUT2D eigenvalue weighted by molar-refractivity contribution is 0.127. The van der Waals surface area contributed by atoms with E-state index < -0.39 is 0 Å². The number of hydrogen-bond acceptors (Lipinski definition) is 3. The molecule has 21 heavy (non-hydrogen) atoms. The Morgan fingerprint density at radius 3 is 2.71 bits per heavy atom. The Morgan fingerprint density at radius 2 is 2.10 bits per heavy atom. The van der Waals surface area contributed by atoms with Gasteiger partial charge in [0.15, 0.2) is 5.96 Å². The van der Waals surface area contributed by atoms with E-state index in [1.807, 2.05) is 0 Å². The van der Waals surface area contributed by atoms with Crippen LogP contribution >= 0.6 is 0 Å². The number of nitrogens with one attached hydrogen (secondary N) is 2. The molecule has 3 N–H and O–H groups in total. The number of aliphatic imine (C=N–C) groups is 1. The summed E-state index contributed by atoms with van der Waals surface area (Å²) >= 11 is 0. The molecule has 1 rings (SSSR count). The third-order valence-corrected chi connectivity index (χ3v) is 3.83. The van der Waals surface area contributed by atoms with Gasteiger partial charge in [0, 0.05) is 32.2 Å². The monoisotopic (exact) mass is 299 g/mol. The molecule has 0 saturated heterocycles. The molecule has 5 nitrogen and oxygen atoms in total. The van der Waals surface area contributed by atoms with Crippen LogP contribution in [0.4, 0.5) is 0 Å². The van der Waals surface area contributed by atoms with Crippen molar-refractivity contribution in [1.82, 2.24) is 10.6 Å². The predicted molar refractivity (Wildman–Crippen MR) is 87.6 cm³/mol. The molecule has 124 valence electrons. The van der Waals surface area contributed by atoms with Crippen molar-refractivity contribution in [3.8, 4) is 0 Å². The highest BCUT2D eigenvalue weighted by Crippen LogP contribution is 2.25.